The maximum Gasteiger partial charge on any atom is 0.422 e. The Labute approximate surface area is 155 Å². The Hall–Kier alpha value is -2.64. The number of carbonyl (C=O) groups excluding carboxylic acids is 1. The second kappa shape index (κ2) is 7.94. The van der Waals surface area contributed by atoms with Crippen molar-refractivity contribution in [2.45, 2.75) is 11.0 Å². The first-order valence-electron chi connectivity index (χ1n) is 6.76. The molecule has 2 heterocycles. The molecule has 0 unspecified atom stereocenters. The molecule has 0 aromatic carbocycles. The topological polar surface area (TPSA) is 89.0 Å². The normalized spacial score (nSPS) is 11.8. The molecular weight excluding hydrogens is 452 g/mol. The smallest absolute Gasteiger partial charge is 0.422 e. The van der Waals surface area contributed by atoms with Gasteiger partial charge in [-0.25, -0.2) is 14.4 Å². The van der Waals surface area contributed by atoms with Crippen molar-refractivity contribution in [3.63, 3.8) is 0 Å². The number of aromatic nitrogens is 3. The highest BCUT2D eigenvalue weighted by Gasteiger charge is 2.35. The van der Waals surface area contributed by atoms with E-state index in [2.05, 4.69) is 25.1 Å². The van der Waals surface area contributed by atoms with E-state index >= 15 is 0 Å². The predicted octanol–water partition coefficient (Wildman–Crippen LogP) is 3.05. The number of nitrogens with zero attached hydrogens (tertiary/aromatic N) is 3. The second-order valence-corrected chi connectivity index (χ2v) is 5.77. The van der Waals surface area contributed by atoms with Crippen molar-refractivity contribution in [3.05, 3.63) is 30.5 Å². The number of hydrazine groups is 1. The van der Waals surface area contributed by atoms with Crippen LogP contribution in [0, 0.1) is 5.82 Å². The van der Waals surface area contributed by atoms with Gasteiger partial charge in [0.05, 0.1) is 18.1 Å². The van der Waals surface area contributed by atoms with Gasteiger partial charge in [-0.15, -0.1) is 0 Å². The number of amides is 1. The van der Waals surface area contributed by atoms with Crippen LogP contribution >= 0.6 is 15.9 Å². The summed E-state index contributed by atoms with van der Waals surface area (Å²) in [6.07, 6.45) is -1.50. The number of hydrogen-bond acceptors (Lipinski definition) is 6. The van der Waals surface area contributed by atoms with Crippen molar-refractivity contribution >= 4 is 27.7 Å². The average Bonchev–Trinajstić information content (AvgIpc) is 2.57. The molecule has 0 aliphatic heterocycles. The fourth-order valence-electron chi connectivity index (χ4n) is 1.56. The fraction of sp³-hybridized carbons (Fsp3) is 0.231. The molecule has 146 valence electrons. The maximum atomic E-state index is 13.8. The lowest BCUT2D eigenvalue weighted by Crippen LogP contribution is -2.39. The Balaban J connectivity index is 2.04. The molecule has 2 aromatic rings. The largest absolute Gasteiger partial charge is 0.466 e. The number of ether oxygens (including phenoxy) is 1. The molecule has 2 rings (SSSR count). The number of rotatable bonds is 6. The van der Waals surface area contributed by atoms with E-state index in [9.17, 15) is 31.1 Å². The summed E-state index contributed by atoms with van der Waals surface area (Å²) in [6, 6.07) is 0.836. The summed E-state index contributed by atoms with van der Waals surface area (Å²) in [4.78, 5) is 18.2. The highest BCUT2D eigenvalue weighted by Crippen LogP contribution is 2.24. The van der Waals surface area contributed by atoms with Crippen LogP contribution < -0.4 is 15.6 Å². The van der Waals surface area contributed by atoms with Crippen LogP contribution in [0.1, 0.15) is 0 Å². The van der Waals surface area contributed by atoms with Gasteiger partial charge < -0.3 is 4.74 Å². The summed E-state index contributed by atoms with van der Waals surface area (Å²) in [5.74, 6) is -3.76. The van der Waals surface area contributed by atoms with Crippen molar-refractivity contribution in [1.29, 1.82) is 0 Å². The number of anilines is 1. The van der Waals surface area contributed by atoms with E-state index in [1.165, 1.54) is 0 Å². The molecule has 0 atom stereocenters. The molecular formula is C13H8BrF6N5O2. The molecule has 2 aromatic heterocycles. The number of nitrogens with one attached hydrogen (secondary N) is 2. The van der Waals surface area contributed by atoms with E-state index < -0.39 is 35.2 Å². The first-order valence-corrected chi connectivity index (χ1v) is 7.56. The molecule has 27 heavy (non-hydrogen) atoms. The van der Waals surface area contributed by atoms with Gasteiger partial charge in [-0.1, -0.05) is 0 Å². The van der Waals surface area contributed by atoms with Crippen LogP contribution in [0.3, 0.4) is 0 Å². The van der Waals surface area contributed by atoms with Gasteiger partial charge in [-0.05, 0) is 6.07 Å². The zero-order valence-corrected chi connectivity index (χ0v) is 14.4. The Morgan fingerprint density at radius 1 is 1.11 bits per heavy atom. The molecule has 1 amide bonds. The average molecular weight is 460 g/mol. The zero-order chi connectivity index (χ0) is 20.2. The minimum absolute atomic E-state index is 0.0712. The fourth-order valence-corrected chi connectivity index (χ4v) is 1.65. The first-order chi connectivity index (χ1) is 12.5. The molecule has 2 N–H and O–H groups in total. The molecule has 0 aliphatic carbocycles. The molecule has 0 fully saturated rings. The zero-order valence-electron chi connectivity index (χ0n) is 12.8. The lowest BCUT2D eigenvalue weighted by Gasteiger charge is -2.11. The third-order valence-electron chi connectivity index (χ3n) is 2.69. The van der Waals surface area contributed by atoms with Crippen LogP contribution in [0.2, 0.25) is 0 Å². The van der Waals surface area contributed by atoms with E-state index in [1.807, 2.05) is 15.9 Å². The number of carbonyl (C=O) groups is 1. The summed E-state index contributed by atoms with van der Waals surface area (Å²) in [6.45, 7) is -1.70. The summed E-state index contributed by atoms with van der Waals surface area (Å²) in [5.41, 5.74) is 3.90. The van der Waals surface area contributed by atoms with Crippen LogP contribution in [0.4, 0.5) is 32.2 Å². The van der Waals surface area contributed by atoms with Crippen LogP contribution in [0.25, 0.3) is 11.3 Å². The van der Waals surface area contributed by atoms with E-state index in [-0.39, 0.29) is 17.1 Å². The van der Waals surface area contributed by atoms with E-state index in [1.54, 1.807) is 5.43 Å². The van der Waals surface area contributed by atoms with E-state index in [0.29, 0.717) is 0 Å². The van der Waals surface area contributed by atoms with E-state index in [4.69, 9.17) is 0 Å². The predicted molar refractivity (Wildman–Crippen MR) is 82.4 cm³/mol. The lowest BCUT2D eigenvalue weighted by atomic mass is 10.2. The van der Waals surface area contributed by atoms with Crippen molar-refractivity contribution in [2.75, 3.05) is 12.0 Å². The minimum Gasteiger partial charge on any atom is -0.466 e. The van der Waals surface area contributed by atoms with Crippen LogP contribution in [-0.2, 0) is 4.79 Å². The number of alkyl halides is 6. The molecule has 0 bridgehead atoms. The van der Waals surface area contributed by atoms with Gasteiger partial charge in [0.2, 0.25) is 0 Å². The van der Waals surface area contributed by atoms with E-state index in [0.717, 1.165) is 24.7 Å². The number of hydrogen-bond donors (Lipinski definition) is 2. The highest BCUT2D eigenvalue weighted by atomic mass is 79.9. The van der Waals surface area contributed by atoms with Gasteiger partial charge in [0.25, 0.3) is 5.88 Å². The summed E-state index contributed by atoms with van der Waals surface area (Å²) in [7, 11) is 0. The minimum atomic E-state index is -4.64. The Morgan fingerprint density at radius 3 is 2.33 bits per heavy atom. The first kappa shape index (κ1) is 20.7. The van der Waals surface area contributed by atoms with Crippen molar-refractivity contribution < 1.29 is 35.9 Å². The molecule has 0 spiro atoms. The summed E-state index contributed by atoms with van der Waals surface area (Å²) < 4.78 is 79.4. The van der Waals surface area contributed by atoms with Gasteiger partial charge in [0, 0.05) is 27.7 Å². The SMILES string of the molecule is O=C(NNc1cnc(-c2cnc(OCC(F)(F)F)c(F)c2)cn1)C(F)(F)Br. The van der Waals surface area contributed by atoms with Crippen molar-refractivity contribution in [2.24, 2.45) is 0 Å². The van der Waals surface area contributed by atoms with Crippen molar-refractivity contribution in [3.8, 4) is 17.1 Å². The molecule has 14 heteroatoms. The second-order valence-electron chi connectivity index (χ2n) is 4.78. The van der Waals surface area contributed by atoms with Gasteiger partial charge in [-0.3, -0.25) is 20.6 Å². The van der Waals surface area contributed by atoms with Crippen LogP contribution in [0.15, 0.2) is 24.7 Å². The molecule has 0 radical (unpaired) electrons. The molecule has 7 nitrogen and oxygen atoms in total. The third-order valence-corrected chi connectivity index (χ3v) is 3.05. The standard InChI is InChI=1S/C13H8BrF6N5O2/c14-13(19,20)11(26)25-24-9-4-21-8(3-22-9)6-1-7(15)10(23-2-6)27-5-12(16,17)18/h1-4H,5H2,(H,22,24)(H,25,26). The summed E-state index contributed by atoms with van der Waals surface area (Å²) in [5, 5.41) is 0. The maximum absolute atomic E-state index is 13.8. The van der Waals surface area contributed by atoms with Gasteiger partial charge in [0.1, 0.15) is 0 Å². The quantitative estimate of drug-likeness (QED) is 0.392. The summed E-state index contributed by atoms with van der Waals surface area (Å²) >= 11 is 1.86. The Morgan fingerprint density at radius 2 is 1.81 bits per heavy atom. The Kier molecular flexibility index (Phi) is 6.08. The third kappa shape index (κ3) is 6.23. The van der Waals surface area contributed by atoms with Crippen molar-refractivity contribution in [1.82, 2.24) is 20.4 Å². The van der Waals surface area contributed by atoms with Gasteiger partial charge in [0.15, 0.2) is 18.2 Å². The molecule has 0 aliphatic rings. The monoisotopic (exact) mass is 459 g/mol. The number of halogens is 7. The highest BCUT2D eigenvalue weighted by molar-refractivity contribution is 9.10. The van der Waals surface area contributed by atoms with Gasteiger partial charge >= 0.3 is 16.9 Å². The molecule has 0 saturated carbocycles. The lowest BCUT2D eigenvalue weighted by molar-refractivity contribution is -0.154. The van der Waals surface area contributed by atoms with Gasteiger partial charge in [-0.2, -0.15) is 22.0 Å². The number of pyridine rings is 1. The Bertz CT molecular complexity index is 812. The molecule has 0 saturated heterocycles. The van der Waals surface area contributed by atoms with Crippen LogP contribution in [0.5, 0.6) is 5.88 Å². The van der Waals surface area contributed by atoms with Crippen LogP contribution in [-0.4, -0.2) is 38.5 Å².